The highest BCUT2D eigenvalue weighted by atomic mass is 79.9. The maximum atomic E-state index is 11.9. The summed E-state index contributed by atoms with van der Waals surface area (Å²) in [6.07, 6.45) is 1.64. The minimum absolute atomic E-state index is 0.0242. The van der Waals surface area contributed by atoms with Crippen LogP contribution >= 0.6 is 27.7 Å². The van der Waals surface area contributed by atoms with Crippen LogP contribution in [0.4, 0.5) is 0 Å². The fourth-order valence-electron chi connectivity index (χ4n) is 2.94. The molecule has 0 aliphatic carbocycles. The second-order valence-corrected chi connectivity index (χ2v) is 8.75. The Labute approximate surface area is 169 Å². The van der Waals surface area contributed by atoms with Crippen LogP contribution in [0.3, 0.4) is 0 Å². The number of likely N-dealkylation sites (tertiary alicyclic amines) is 1. The van der Waals surface area contributed by atoms with E-state index in [0.29, 0.717) is 11.9 Å². The van der Waals surface area contributed by atoms with Gasteiger partial charge in [-0.05, 0) is 44.0 Å². The number of benzene rings is 1. The molecule has 7 heteroatoms. The fraction of sp³-hybridized carbons (Fsp3) is 0.579. The summed E-state index contributed by atoms with van der Waals surface area (Å²) in [7, 11) is 1.81. The van der Waals surface area contributed by atoms with Gasteiger partial charge >= 0.3 is 5.97 Å². The topological polar surface area (TPSA) is 53.9 Å². The van der Waals surface area contributed by atoms with Crippen LogP contribution in [0.1, 0.15) is 26.7 Å². The number of hydrogen-bond acceptors (Lipinski definition) is 4. The molecule has 1 N–H and O–H groups in total. The van der Waals surface area contributed by atoms with E-state index < -0.39 is 0 Å². The average Bonchev–Trinajstić information content (AvgIpc) is 2.65. The molecule has 1 atom stereocenters. The standard InChI is InChI=1S/C19H28BrN3O2S/c1-4-25-18(24)15-9-11-23(12-10-15)19(21-3)22-13-14(2)26-17-7-5-16(20)6-8-17/h5-8,14-15H,4,9-13H2,1-3H3,(H,21,22). The molecule has 0 radical (unpaired) electrons. The van der Waals surface area contributed by atoms with E-state index in [4.69, 9.17) is 4.74 Å². The quantitative estimate of drug-likeness (QED) is 0.315. The number of esters is 1. The molecule has 1 unspecified atom stereocenters. The maximum Gasteiger partial charge on any atom is 0.309 e. The van der Waals surface area contributed by atoms with Crippen LogP contribution in [0.25, 0.3) is 0 Å². The third-order valence-electron chi connectivity index (χ3n) is 4.32. The number of guanidine groups is 1. The van der Waals surface area contributed by atoms with Gasteiger partial charge in [0.15, 0.2) is 5.96 Å². The number of hydrogen-bond donors (Lipinski definition) is 1. The largest absolute Gasteiger partial charge is 0.466 e. The van der Waals surface area contributed by atoms with Gasteiger partial charge in [-0.1, -0.05) is 22.9 Å². The molecule has 1 aliphatic heterocycles. The van der Waals surface area contributed by atoms with Crippen molar-refractivity contribution in [2.45, 2.75) is 36.8 Å². The zero-order chi connectivity index (χ0) is 18.9. The van der Waals surface area contributed by atoms with Gasteiger partial charge in [0.2, 0.25) is 0 Å². The average molecular weight is 442 g/mol. The number of piperidine rings is 1. The van der Waals surface area contributed by atoms with Crippen molar-refractivity contribution in [3.63, 3.8) is 0 Å². The zero-order valence-electron chi connectivity index (χ0n) is 15.7. The van der Waals surface area contributed by atoms with Gasteiger partial charge in [0, 0.05) is 41.3 Å². The Morgan fingerprint density at radius 1 is 1.38 bits per heavy atom. The van der Waals surface area contributed by atoms with E-state index in [1.165, 1.54) is 4.90 Å². The molecule has 1 aromatic carbocycles. The smallest absolute Gasteiger partial charge is 0.309 e. The molecular weight excluding hydrogens is 414 g/mol. The summed E-state index contributed by atoms with van der Waals surface area (Å²) >= 11 is 5.31. The Morgan fingerprint density at radius 2 is 2.04 bits per heavy atom. The Bertz CT molecular complexity index is 601. The van der Waals surface area contributed by atoms with Crippen LogP contribution in [0.2, 0.25) is 0 Å². The molecule has 1 fully saturated rings. The third-order valence-corrected chi connectivity index (χ3v) is 5.97. The molecule has 2 rings (SSSR count). The number of nitrogens with one attached hydrogen (secondary N) is 1. The van der Waals surface area contributed by atoms with Crippen LogP contribution in [-0.4, -0.2) is 55.4 Å². The monoisotopic (exact) mass is 441 g/mol. The van der Waals surface area contributed by atoms with Crippen molar-refractivity contribution in [3.05, 3.63) is 28.7 Å². The lowest BCUT2D eigenvalue weighted by atomic mass is 9.97. The Hall–Kier alpha value is -1.21. The zero-order valence-corrected chi connectivity index (χ0v) is 18.1. The first-order valence-electron chi connectivity index (χ1n) is 9.08. The minimum atomic E-state index is -0.0605. The summed E-state index contributed by atoms with van der Waals surface area (Å²) in [6.45, 7) is 7.02. The second-order valence-electron chi connectivity index (χ2n) is 6.32. The highest BCUT2D eigenvalue weighted by Crippen LogP contribution is 2.24. The van der Waals surface area contributed by atoms with E-state index in [2.05, 4.69) is 62.3 Å². The summed E-state index contributed by atoms with van der Waals surface area (Å²) in [5, 5.41) is 3.89. The predicted molar refractivity (Wildman–Crippen MR) is 112 cm³/mol. The third kappa shape index (κ3) is 6.50. The number of halogens is 1. The maximum absolute atomic E-state index is 11.9. The summed E-state index contributed by atoms with van der Waals surface area (Å²) in [5.41, 5.74) is 0. The van der Waals surface area contributed by atoms with Crippen molar-refractivity contribution in [2.75, 3.05) is 33.3 Å². The van der Waals surface area contributed by atoms with Gasteiger partial charge in [0.05, 0.1) is 12.5 Å². The van der Waals surface area contributed by atoms with Gasteiger partial charge in [0.1, 0.15) is 0 Å². The van der Waals surface area contributed by atoms with Gasteiger partial charge < -0.3 is 15.0 Å². The van der Waals surface area contributed by atoms with Crippen LogP contribution in [0.15, 0.2) is 38.6 Å². The number of thioether (sulfide) groups is 1. The number of nitrogens with zero attached hydrogens (tertiary/aromatic N) is 2. The lowest BCUT2D eigenvalue weighted by Gasteiger charge is -2.33. The molecule has 0 aromatic heterocycles. The number of rotatable bonds is 6. The minimum Gasteiger partial charge on any atom is -0.466 e. The van der Waals surface area contributed by atoms with E-state index in [1.54, 1.807) is 0 Å². The normalized spacial score (nSPS) is 17.1. The van der Waals surface area contributed by atoms with E-state index in [0.717, 1.165) is 42.9 Å². The van der Waals surface area contributed by atoms with E-state index in [-0.39, 0.29) is 11.9 Å². The number of carbonyl (C=O) groups excluding carboxylic acids is 1. The van der Waals surface area contributed by atoms with E-state index >= 15 is 0 Å². The molecule has 144 valence electrons. The van der Waals surface area contributed by atoms with Crippen molar-refractivity contribution in [2.24, 2.45) is 10.9 Å². The van der Waals surface area contributed by atoms with Crippen molar-refractivity contribution >= 4 is 39.6 Å². The molecule has 1 saturated heterocycles. The molecule has 5 nitrogen and oxygen atoms in total. The molecule has 0 spiro atoms. The van der Waals surface area contributed by atoms with Crippen LogP contribution < -0.4 is 5.32 Å². The Morgan fingerprint density at radius 3 is 2.62 bits per heavy atom. The molecule has 26 heavy (non-hydrogen) atoms. The molecule has 1 heterocycles. The molecule has 0 bridgehead atoms. The number of aliphatic imine (C=N–C) groups is 1. The lowest BCUT2D eigenvalue weighted by molar-refractivity contribution is -0.149. The first kappa shape index (κ1) is 21.1. The van der Waals surface area contributed by atoms with Crippen molar-refractivity contribution in [3.8, 4) is 0 Å². The lowest BCUT2D eigenvalue weighted by Crippen LogP contribution is -2.47. The van der Waals surface area contributed by atoms with Crippen molar-refractivity contribution in [1.29, 1.82) is 0 Å². The van der Waals surface area contributed by atoms with Crippen molar-refractivity contribution in [1.82, 2.24) is 10.2 Å². The molecule has 0 amide bonds. The summed E-state index contributed by atoms with van der Waals surface area (Å²) in [4.78, 5) is 19.8. The van der Waals surface area contributed by atoms with Gasteiger partial charge in [-0.3, -0.25) is 9.79 Å². The second kappa shape index (κ2) is 10.8. The molecule has 1 aromatic rings. The predicted octanol–water partition coefficient (Wildman–Crippen LogP) is 3.78. The van der Waals surface area contributed by atoms with Crippen LogP contribution in [0, 0.1) is 5.92 Å². The number of ether oxygens (including phenoxy) is 1. The Kier molecular flexibility index (Phi) is 8.78. The molecule has 1 aliphatic rings. The van der Waals surface area contributed by atoms with E-state index in [9.17, 15) is 4.79 Å². The highest BCUT2D eigenvalue weighted by molar-refractivity contribution is 9.10. The van der Waals surface area contributed by atoms with Gasteiger partial charge in [-0.25, -0.2) is 0 Å². The summed E-state index contributed by atoms with van der Waals surface area (Å²) < 4.78 is 6.23. The highest BCUT2D eigenvalue weighted by Gasteiger charge is 2.27. The Balaban J connectivity index is 1.77. The van der Waals surface area contributed by atoms with Crippen molar-refractivity contribution < 1.29 is 9.53 Å². The van der Waals surface area contributed by atoms with Gasteiger partial charge in [-0.2, -0.15) is 0 Å². The first-order chi connectivity index (χ1) is 12.5. The van der Waals surface area contributed by atoms with Gasteiger partial charge in [0.25, 0.3) is 0 Å². The summed E-state index contributed by atoms with van der Waals surface area (Å²) in [5.74, 6) is 0.876. The SMILES string of the molecule is CCOC(=O)C1CCN(C(=NC)NCC(C)Sc2ccc(Br)cc2)CC1. The number of carbonyl (C=O) groups is 1. The van der Waals surface area contributed by atoms with Crippen LogP contribution in [-0.2, 0) is 9.53 Å². The summed E-state index contributed by atoms with van der Waals surface area (Å²) in [6, 6.07) is 8.38. The molecular formula is C19H28BrN3O2S. The fourth-order valence-corrected chi connectivity index (χ4v) is 4.13. The van der Waals surface area contributed by atoms with E-state index in [1.807, 2.05) is 25.7 Å². The van der Waals surface area contributed by atoms with Crippen LogP contribution in [0.5, 0.6) is 0 Å². The first-order valence-corrected chi connectivity index (χ1v) is 10.7. The van der Waals surface area contributed by atoms with Gasteiger partial charge in [-0.15, -0.1) is 11.8 Å². The molecule has 0 saturated carbocycles.